The summed E-state index contributed by atoms with van der Waals surface area (Å²) in [4.78, 5) is 29.3. The Morgan fingerprint density at radius 1 is 0.914 bits per heavy atom. The summed E-state index contributed by atoms with van der Waals surface area (Å²) in [6, 6.07) is 17.7. The number of aliphatic carboxylic acids is 1. The van der Waals surface area contributed by atoms with Gasteiger partial charge in [0.25, 0.3) is 5.92 Å². The van der Waals surface area contributed by atoms with E-state index in [-0.39, 0.29) is 38.5 Å². The predicted molar refractivity (Wildman–Crippen MR) is 214 cm³/mol. The molecule has 5 rings (SSSR count). The molecular formula is C44H56F7N3O4. The molecule has 1 atom stereocenters. The van der Waals surface area contributed by atoms with E-state index < -0.39 is 41.7 Å². The Hall–Kier alpha value is -4.46. The number of rotatable bonds is 15. The minimum Gasteiger partial charge on any atom is -0.496 e. The SMILES string of the molecule is CCC(F)F.CCCCC(CCC)(C(N)=O)C(C)(F)F.COc1cc(CN2CCC(C(F)(F)F)CC2)c2cccnc2c1-c1cccc2c(CCC(=O)O)cccc12. The summed E-state index contributed by atoms with van der Waals surface area (Å²) in [5.41, 5.74) is 7.96. The average molecular weight is 824 g/mol. The van der Waals surface area contributed by atoms with Crippen LogP contribution < -0.4 is 10.5 Å². The maximum atomic E-state index is 13.5. The van der Waals surface area contributed by atoms with Crippen molar-refractivity contribution >= 4 is 33.6 Å². The van der Waals surface area contributed by atoms with Crippen LogP contribution in [0.15, 0.2) is 60.8 Å². The van der Waals surface area contributed by atoms with Crippen LogP contribution >= 0.6 is 0 Å². The van der Waals surface area contributed by atoms with Crippen molar-refractivity contribution in [2.24, 2.45) is 17.1 Å². The summed E-state index contributed by atoms with van der Waals surface area (Å²) in [6.07, 6.45) is -1.60. The number of hydrogen-bond acceptors (Lipinski definition) is 5. The van der Waals surface area contributed by atoms with Crippen LogP contribution in [-0.4, -0.2) is 65.6 Å². The van der Waals surface area contributed by atoms with Gasteiger partial charge < -0.3 is 15.6 Å². The summed E-state index contributed by atoms with van der Waals surface area (Å²) >= 11 is 0. The van der Waals surface area contributed by atoms with Gasteiger partial charge in [0, 0.05) is 37.9 Å². The van der Waals surface area contributed by atoms with E-state index in [1.54, 1.807) is 20.2 Å². The third kappa shape index (κ3) is 12.3. The van der Waals surface area contributed by atoms with Gasteiger partial charge in [0.15, 0.2) is 0 Å². The van der Waals surface area contributed by atoms with E-state index in [4.69, 9.17) is 15.5 Å². The van der Waals surface area contributed by atoms with Crippen LogP contribution in [0.4, 0.5) is 30.7 Å². The van der Waals surface area contributed by atoms with Gasteiger partial charge in [-0.2, -0.15) is 13.2 Å². The molecule has 1 fully saturated rings. The van der Waals surface area contributed by atoms with Crippen LogP contribution in [0.1, 0.15) is 96.6 Å². The molecule has 7 nitrogen and oxygen atoms in total. The number of alkyl halides is 7. The van der Waals surface area contributed by atoms with Gasteiger partial charge in [-0.05, 0) is 84.8 Å². The van der Waals surface area contributed by atoms with Gasteiger partial charge in [-0.1, -0.05) is 82.5 Å². The quantitative estimate of drug-likeness (QED) is 0.116. The van der Waals surface area contributed by atoms with Gasteiger partial charge in [0.05, 0.1) is 24.1 Å². The average Bonchev–Trinajstić information content (AvgIpc) is 3.18. The molecule has 3 N–H and O–H groups in total. The Morgan fingerprint density at radius 3 is 2.07 bits per heavy atom. The van der Waals surface area contributed by atoms with Crippen LogP contribution in [0.25, 0.3) is 32.8 Å². The monoisotopic (exact) mass is 823 g/mol. The van der Waals surface area contributed by atoms with Crippen LogP contribution in [0.2, 0.25) is 0 Å². The number of primary amides is 1. The van der Waals surface area contributed by atoms with E-state index in [0.717, 1.165) is 57.3 Å². The number of aromatic nitrogens is 1. The Bertz CT molecular complexity index is 1940. The molecule has 1 saturated heterocycles. The van der Waals surface area contributed by atoms with Crippen molar-refractivity contribution in [1.29, 1.82) is 0 Å². The zero-order chi connectivity index (χ0) is 43.3. The first-order chi connectivity index (χ1) is 27.3. The lowest BCUT2D eigenvalue weighted by Crippen LogP contribution is -2.49. The maximum Gasteiger partial charge on any atom is 0.391 e. The number of ether oxygens (including phenoxy) is 1. The number of hydrogen-bond donors (Lipinski definition) is 2. The molecule has 1 aromatic heterocycles. The number of aryl methyl sites for hydroxylation is 1. The van der Waals surface area contributed by atoms with Gasteiger partial charge in [-0.3, -0.25) is 19.5 Å². The highest BCUT2D eigenvalue weighted by atomic mass is 19.4. The van der Waals surface area contributed by atoms with E-state index in [1.807, 2.05) is 61.5 Å². The Morgan fingerprint density at radius 2 is 1.53 bits per heavy atom. The number of carboxylic acids is 1. The number of fused-ring (bicyclic) bond motifs is 2. The maximum absolute atomic E-state index is 13.5. The topological polar surface area (TPSA) is 106 Å². The molecule has 0 radical (unpaired) electrons. The number of methoxy groups -OCH3 is 1. The van der Waals surface area contributed by atoms with Crippen molar-refractivity contribution in [1.82, 2.24) is 9.88 Å². The van der Waals surface area contributed by atoms with E-state index in [0.29, 0.717) is 44.6 Å². The Balaban J connectivity index is 0.000000375. The van der Waals surface area contributed by atoms with Crippen molar-refractivity contribution in [2.45, 2.75) is 117 Å². The van der Waals surface area contributed by atoms with Gasteiger partial charge >= 0.3 is 12.1 Å². The van der Waals surface area contributed by atoms with Crippen LogP contribution in [0.5, 0.6) is 5.75 Å². The van der Waals surface area contributed by atoms with Gasteiger partial charge in [0.1, 0.15) is 11.2 Å². The van der Waals surface area contributed by atoms with Gasteiger partial charge in [0.2, 0.25) is 12.3 Å². The first-order valence-corrected chi connectivity index (χ1v) is 19.8. The lowest BCUT2D eigenvalue weighted by atomic mass is 9.73. The molecule has 0 bridgehead atoms. The fourth-order valence-electron chi connectivity index (χ4n) is 7.48. The second kappa shape index (κ2) is 21.5. The number of benzene rings is 3. The lowest BCUT2D eigenvalue weighted by Gasteiger charge is -2.35. The third-order valence-electron chi connectivity index (χ3n) is 10.8. The van der Waals surface area contributed by atoms with E-state index in [9.17, 15) is 45.4 Å². The number of likely N-dealkylation sites (tertiary alicyclic amines) is 1. The van der Waals surface area contributed by atoms with Crippen LogP contribution in [0, 0.1) is 11.3 Å². The molecule has 1 unspecified atom stereocenters. The summed E-state index contributed by atoms with van der Waals surface area (Å²) in [6.45, 7) is 7.23. The molecule has 4 aromatic rings. The highest BCUT2D eigenvalue weighted by Crippen LogP contribution is 2.45. The second-order valence-electron chi connectivity index (χ2n) is 14.8. The second-order valence-corrected chi connectivity index (χ2v) is 14.8. The molecule has 1 amide bonds. The number of amides is 1. The first-order valence-electron chi connectivity index (χ1n) is 19.8. The zero-order valence-corrected chi connectivity index (χ0v) is 33.9. The normalized spacial score (nSPS) is 15.0. The molecule has 1 aliphatic heterocycles. The number of carboxylic acid groups (broad SMARTS) is 1. The lowest BCUT2D eigenvalue weighted by molar-refractivity contribution is -0.185. The number of carbonyl (C=O) groups excluding carboxylic acids is 1. The molecule has 2 heterocycles. The van der Waals surface area contributed by atoms with Crippen molar-refractivity contribution in [3.8, 4) is 16.9 Å². The summed E-state index contributed by atoms with van der Waals surface area (Å²) in [5.74, 6) is -5.34. The number of carbonyl (C=O) groups is 2. The summed E-state index contributed by atoms with van der Waals surface area (Å²) in [5, 5.41) is 12.1. The molecule has 0 saturated carbocycles. The molecule has 0 spiro atoms. The van der Waals surface area contributed by atoms with Crippen molar-refractivity contribution in [3.05, 3.63) is 71.9 Å². The highest BCUT2D eigenvalue weighted by molar-refractivity contribution is 6.07. The Kier molecular flexibility index (Phi) is 17.8. The largest absolute Gasteiger partial charge is 0.496 e. The summed E-state index contributed by atoms with van der Waals surface area (Å²) < 4.78 is 93.9. The highest BCUT2D eigenvalue weighted by Gasteiger charge is 2.53. The number of piperidine rings is 1. The van der Waals surface area contributed by atoms with Gasteiger partial charge in [-0.15, -0.1) is 0 Å². The van der Waals surface area contributed by atoms with E-state index >= 15 is 0 Å². The number of nitrogens with zero attached hydrogens (tertiary/aromatic N) is 2. The van der Waals surface area contributed by atoms with Crippen molar-refractivity contribution in [2.75, 3.05) is 20.2 Å². The molecule has 3 aromatic carbocycles. The van der Waals surface area contributed by atoms with Crippen LogP contribution in [0.3, 0.4) is 0 Å². The van der Waals surface area contributed by atoms with E-state index in [2.05, 4.69) is 4.90 Å². The number of nitrogens with two attached hydrogens (primary N) is 1. The van der Waals surface area contributed by atoms with Crippen molar-refractivity contribution in [3.63, 3.8) is 0 Å². The number of unbranched alkanes of at least 4 members (excludes halogenated alkanes) is 1. The molecule has 14 heteroatoms. The standard InChI is InChI=1S/C30H29F3N2O3.C11H21F2NO.C3H6F2/c1-38-26-17-20(18-35-15-12-21(13-16-35)30(31,32)33)23-9-4-14-34-29(23)28(26)25-8-3-6-22-19(10-11-27(36)37)5-2-7-24(22)25;1-4-6-8-11(7-5-2,9(14)15)10(3,12)13;1-2-3(4)5/h2-9,14,17,21H,10-13,15-16,18H2,1H3,(H,36,37);4-8H2,1-3H3,(H2,14,15);3H,2H2,1H3. The van der Waals surface area contributed by atoms with Gasteiger partial charge in [-0.25, -0.2) is 17.6 Å². The first kappa shape index (κ1) is 47.9. The fraction of sp³-hybridized carbons (Fsp3) is 0.523. The smallest absolute Gasteiger partial charge is 0.391 e. The number of pyridine rings is 1. The molecule has 58 heavy (non-hydrogen) atoms. The molecule has 320 valence electrons. The minimum absolute atomic E-state index is 0.0278. The number of halogens is 7. The Labute approximate surface area is 336 Å². The zero-order valence-electron chi connectivity index (χ0n) is 33.9. The third-order valence-corrected chi connectivity index (χ3v) is 10.8. The predicted octanol–water partition coefficient (Wildman–Crippen LogP) is 11.6. The molecule has 0 aliphatic carbocycles. The van der Waals surface area contributed by atoms with E-state index in [1.165, 1.54) is 6.92 Å². The molecule has 1 aliphatic rings. The molecular weight excluding hydrogens is 767 g/mol. The minimum atomic E-state index is -4.14. The fourth-order valence-corrected chi connectivity index (χ4v) is 7.48. The van der Waals surface area contributed by atoms with Crippen LogP contribution in [-0.2, 0) is 22.6 Å². The summed E-state index contributed by atoms with van der Waals surface area (Å²) in [7, 11) is 1.61. The van der Waals surface area contributed by atoms with Crippen molar-refractivity contribution < 1.29 is 50.2 Å².